The lowest BCUT2D eigenvalue weighted by atomic mass is 10.2. The van der Waals surface area contributed by atoms with Crippen LogP contribution in [-0.2, 0) is 0 Å². The number of carboxylic acid groups (broad SMARTS) is 1. The number of aromatic carboxylic acids is 1. The number of hydrogen-bond donors (Lipinski definition) is 1. The average Bonchev–Trinajstić information content (AvgIpc) is 2.89. The number of rotatable bonds is 3. The van der Waals surface area contributed by atoms with Crippen LogP contribution in [0.4, 0.5) is 0 Å². The number of nitrogens with zero attached hydrogens (tertiary/aromatic N) is 2. The van der Waals surface area contributed by atoms with Crippen LogP contribution in [0.3, 0.4) is 0 Å². The van der Waals surface area contributed by atoms with E-state index in [1.807, 2.05) is 0 Å². The molecule has 0 amide bonds. The molecule has 2 heterocycles. The number of methoxy groups -OCH3 is 1. The first kappa shape index (κ1) is 12.2. The van der Waals surface area contributed by atoms with E-state index in [1.165, 1.54) is 19.2 Å². The summed E-state index contributed by atoms with van der Waals surface area (Å²) in [7, 11) is 1.51. The molecule has 3 aromatic rings. The number of fused-ring (bicyclic) bond motifs is 1. The second-order valence-corrected chi connectivity index (χ2v) is 4.07. The Labute approximate surface area is 113 Å². The summed E-state index contributed by atoms with van der Waals surface area (Å²) in [5.74, 6) is -0.270. The van der Waals surface area contributed by atoms with Gasteiger partial charge in [-0.15, -0.1) is 0 Å². The van der Waals surface area contributed by atoms with Gasteiger partial charge in [-0.25, -0.2) is 14.8 Å². The highest BCUT2D eigenvalue weighted by Gasteiger charge is 2.14. The Morgan fingerprint density at radius 3 is 2.95 bits per heavy atom. The van der Waals surface area contributed by atoms with Gasteiger partial charge in [-0.1, -0.05) is 0 Å². The Hall–Kier alpha value is -2.89. The Kier molecular flexibility index (Phi) is 2.83. The first-order valence-corrected chi connectivity index (χ1v) is 5.82. The van der Waals surface area contributed by atoms with E-state index in [0.29, 0.717) is 28.4 Å². The molecule has 1 N–H and O–H groups in total. The highest BCUT2D eigenvalue weighted by atomic mass is 16.5. The first-order valence-electron chi connectivity index (χ1n) is 5.82. The maximum Gasteiger partial charge on any atom is 0.335 e. The van der Waals surface area contributed by atoms with E-state index in [2.05, 4.69) is 9.97 Å². The van der Waals surface area contributed by atoms with Crippen molar-refractivity contribution in [1.82, 2.24) is 9.97 Å². The SMILES string of the molecule is COc1ncccc1-c1nc2ccc(C(=O)O)cc2o1. The lowest BCUT2D eigenvalue weighted by molar-refractivity contribution is 0.0697. The molecule has 0 saturated heterocycles. The predicted molar refractivity (Wildman–Crippen MR) is 70.8 cm³/mol. The van der Waals surface area contributed by atoms with Gasteiger partial charge >= 0.3 is 5.97 Å². The van der Waals surface area contributed by atoms with Crippen molar-refractivity contribution < 1.29 is 19.1 Å². The van der Waals surface area contributed by atoms with Gasteiger partial charge in [0.25, 0.3) is 0 Å². The van der Waals surface area contributed by atoms with E-state index in [4.69, 9.17) is 14.3 Å². The molecule has 0 radical (unpaired) electrons. The Bertz CT molecular complexity index is 795. The van der Waals surface area contributed by atoms with Crippen molar-refractivity contribution in [3.05, 3.63) is 42.1 Å². The normalized spacial score (nSPS) is 10.7. The van der Waals surface area contributed by atoms with E-state index in [9.17, 15) is 4.79 Å². The van der Waals surface area contributed by atoms with Crippen LogP contribution in [0.15, 0.2) is 40.9 Å². The van der Waals surface area contributed by atoms with Crippen LogP contribution in [0.5, 0.6) is 5.88 Å². The van der Waals surface area contributed by atoms with Gasteiger partial charge in [-0.3, -0.25) is 0 Å². The summed E-state index contributed by atoms with van der Waals surface area (Å²) in [5, 5.41) is 8.96. The van der Waals surface area contributed by atoms with Crippen LogP contribution in [0, 0.1) is 0 Å². The maximum atomic E-state index is 10.9. The van der Waals surface area contributed by atoms with Crippen molar-refractivity contribution >= 4 is 17.1 Å². The molecule has 2 aromatic heterocycles. The second-order valence-electron chi connectivity index (χ2n) is 4.07. The van der Waals surface area contributed by atoms with Gasteiger partial charge in [0, 0.05) is 6.20 Å². The zero-order valence-electron chi connectivity index (χ0n) is 10.5. The third-order valence-corrected chi connectivity index (χ3v) is 2.83. The summed E-state index contributed by atoms with van der Waals surface area (Å²) in [5.41, 5.74) is 1.75. The number of carbonyl (C=O) groups is 1. The molecule has 0 aliphatic heterocycles. The molecule has 0 bridgehead atoms. The third kappa shape index (κ3) is 1.97. The molecule has 0 aliphatic rings. The molecule has 100 valence electrons. The fourth-order valence-electron chi connectivity index (χ4n) is 1.89. The number of pyridine rings is 1. The van der Waals surface area contributed by atoms with E-state index >= 15 is 0 Å². The van der Waals surface area contributed by atoms with Crippen molar-refractivity contribution in [2.45, 2.75) is 0 Å². The number of hydrogen-bond acceptors (Lipinski definition) is 5. The minimum Gasteiger partial charge on any atom is -0.480 e. The molecule has 6 nitrogen and oxygen atoms in total. The molecule has 1 aromatic carbocycles. The molecule has 0 saturated carbocycles. The highest BCUT2D eigenvalue weighted by Crippen LogP contribution is 2.30. The molecule has 20 heavy (non-hydrogen) atoms. The van der Waals surface area contributed by atoms with Crippen molar-refractivity contribution in [1.29, 1.82) is 0 Å². The molecule has 0 atom stereocenters. The van der Waals surface area contributed by atoms with Crippen LogP contribution in [0.2, 0.25) is 0 Å². The Balaban J connectivity index is 2.15. The zero-order valence-corrected chi connectivity index (χ0v) is 10.5. The van der Waals surface area contributed by atoms with Gasteiger partial charge in [-0.2, -0.15) is 0 Å². The molecule has 3 rings (SSSR count). The number of benzene rings is 1. The molecule has 0 unspecified atom stereocenters. The van der Waals surface area contributed by atoms with E-state index in [0.717, 1.165) is 0 Å². The third-order valence-electron chi connectivity index (χ3n) is 2.83. The predicted octanol–water partition coefficient (Wildman–Crippen LogP) is 2.60. The van der Waals surface area contributed by atoms with Crippen molar-refractivity contribution in [2.75, 3.05) is 7.11 Å². The van der Waals surface area contributed by atoms with Gasteiger partial charge in [0.1, 0.15) is 5.52 Å². The van der Waals surface area contributed by atoms with E-state index < -0.39 is 5.97 Å². The first-order chi connectivity index (χ1) is 9.69. The Morgan fingerprint density at radius 2 is 2.20 bits per heavy atom. The van der Waals surface area contributed by atoms with Gasteiger partial charge in [0.2, 0.25) is 11.8 Å². The average molecular weight is 270 g/mol. The summed E-state index contributed by atoms with van der Waals surface area (Å²) in [6.45, 7) is 0. The summed E-state index contributed by atoms with van der Waals surface area (Å²) in [6, 6.07) is 8.05. The fraction of sp³-hybridized carbons (Fsp3) is 0.0714. The maximum absolute atomic E-state index is 10.9. The fourth-order valence-corrected chi connectivity index (χ4v) is 1.89. The van der Waals surface area contributed by atoms with Crippen molar-refractivity contribution in [3.63, 3.8) is 0 Å². The van der Waals surface area contributed by atoms with Crippen LogP contribution >= 0.6 is 0 Å². The lowest BCUT2D eigenvalue weighted by Crippen LogP contribution is -1.94. The van der Waals surface area contributed by atoms with Gasteiger partial charge in [0.05, 0.1) is 18.2 Å². The minimum absolute atomic E-state index is 0.151. The Morgan fingerprint density at radius 1 is 1.35 bits per heavy atom. The second kappa shape index (κ2) is 4.65. The highest BCUT2D eigenvalue weighted by molar-refractivity contribution is 5.92. The van der Waals surface area contributed by atoms with Gasteiger partial charge in [0.15, 0.2) is 5.58 Å². The number of carboxylic acids is 1. The van der Waals surface area contributed by atoms with E-state index in [-0.39, 0.29) is 5.56 Å². The zero-order chi connectivity index (χ0) is 14.1. The molecule has 0 aliphatic carbocycles. The largest absolute Gasteiger partial charge is 0.480 e. The monoisotopic (exact) mass is 270 g/mol. The van der Waals surface area contributed by atoms with Crippen LogP contribution in [0.1, 0.15) is 10.4 Å². The number of oxazole rings is 1. The summed E-state index contributed by atoms with van der Waals surface area (Å²) in [4.78, 5) is 19.3. The number of aromatic nitrogens is 2. The van der Waals surface area contributed by atoms with Crippen LogP contribution < -0.4 is 4.74 Å². The lowest BCUT2D eigenvalue weighted by Gasteiger charge is -2.01. The van der Waals surface area contributed by atoms with Crippen LogP contribution in [-0.4, -0.2) is 28.2 Å². The quantitative estimate of drug-likeness (QED) is 0.787. The molecule has 6 heteroatoms. The standard InChI is InChI=1S/C14H10N2O4/c1-19-12-9(3-2-6-15-12)13-16-10-5-4-8(14(17)18)7-11(10)20-13/h2-7H,1H3,(H,17,18). The molecule has 0 fully saturated rings. The summed E-state index contributed by atoms with van der Waals surface area (Å²) < 4.78 is 10.7. The topological polar surface area (TPSA) is 85.5 Å². The van der Waals surface area contributed by atoms with Crippen molar-refractivity contribution in [2.24, 2.45) is 0 Å². The van der Waals surface area contributed by atoms with E-state index in [1.54, 1.807) is 24.4 Å². The van der Waals surface area contributed by atoms with Gasteiger partial charge < -0.3 is 14.3 Å². The molecular formula is C14H10N2O4. The summed E-state index contributed by atoms with van der Waals surface area (Å²) in [6.07, 6.45) is 1.60. The number of ether oxygens (including phenoxy) is 1. The smallest absolute Gasteiger partial charge is 0.335 e. The molecular weight excluding hydrogens is 260 g/mol. The van der Waals surface area contributed by atoms with Gasteiger partial charge in [-0.05, 0) is 30.3 Å². The molecule has 0 spiro atoms. The van der Waals surface area contributed by atoms with Crippen LogP contribution in [0.25, 0.3) is 22.6 Å². The minimum atomic E-state index is -1.01. The van der Waals surface area contributed by atoms with Crippen molar-refractivity contribution in [3.8, 4) is 17.3 Å². The summed E-state index contributed by atoms with van der Waals surface area (Å²) >= 11 is 0.